The van der Waals surface area contributed by atoms with E-state index < -0.39 is 0 Å². The molecule has 2 fully saturated rings. The van der Waals surface area contributed by atoms with Crippen LogP contribution in [0, 0.1) is 23.7 Å². The summed E-state index contributed by atoms with van der Waals surface area (Å²) in [5.41, 5.74) is 0. The van der Waals surface area contributed by atoms with Gasteiger partial charge in [0.1, 0.15) is 0 Å². The lowest BCUT2D eigenvalue weighted by molar-refractivity contribution is 0.0957. The zero-order valence-electron chi connectivity index (χ0n) is 11.4. The van der Waals surface area contributed by atoms with Gasteiger partial charge >= 0.3 is 0 Å². The predicted octanol–water partition coefficient (Wildman–Crippen LogP) is 4.43. The van der Waals surface area contributed by atoms with Gasteiger partial charge in [-0.2, -0.15) is 0 Å². The molecule has 1 nitrogen and oxygen atoms in total. The largest absolute Gasteiger partial charge is 0.384 e. The van der Waals surface area contributed by atoms with E-state index in [1.54, 1.807) is 0 Å². The van der Waals surface area contributed by atoms with E-state index in [1.807, 2.05) is 7.11 Å². The number of methoxy groups -OCH3 is 1. The number of hydrogen-bond acceptors (Lipinski definition) is 1. The van der Waals surface area contributed by atoms with E-state index in [-0.39, 0.29) is 0 Å². The molecule has 0 aromatic rings. The van der Waals surface area contributed by atoms with E-state index >= 15 is 0 Å². The topological polar surface area (TPSA) is 9.23 Å². The van der Waals surface area contributed by atoms with Gasteiger partial charge in [0, 0.05) is 13.7 Å². The molecule has 98 valence electrons. The lowest BCUT2D eigenvalue weighted by atomic mass is 9.69. The Morgan fingerprint density at radius 2 is 1.47 bits per heavy atom. The summed E-state index contributed by atoms with van der Waals surface area (Å²) in [6.07, 6.45) is 13.6. The van der Waals surface area contributed by atoms with Gasteiger partial charge in [0.25, 0.3) is 0 Å². The van der Waals surface area contributed by atoms with E-state index in [9.17, 15) is 0 Å². The van der Waals surface area contributed by atoms with Crippen molar-refractivity contribution in [2.45, 2.75) is 51.4 Å². The molecular formula is C16H28O. The molecule has 0 aromatic heterocycles. The van der Waals surface area contributed by atoms with E-state index in [0.717, 1.165) is 30.3 Å². The standard InChI is InChI=1S/C16H28O/c1-3-13-4-8-15(9-5-13)16-10-6-14(7-11-16)12-17-2/h3,13-16H,1,4-12H2,2H3/t13-,14?,15-,16?. The van der Waals surface area contributed by atoms with Crippen LogP contribution in [-0.4, -0.2) is 13.7 Å². The van der Waals surface area contributed by atoms with Gasteiger partial charge in [-0.1, -0.05) is 6.08 Å². The van der Waals surface area contributed by atoms with Gasteiger partial charge in [-0.15, -0.1) is 6.58 Å². The fraction of sp³-hybridized carbons (Fsp3) is 0.875. The smallest absolute Gasteiger partial charge is 0.0490 e. The molecule has 0 atom stereocenters. The Bertz CT molecular complexity index is 220. The maximum atomic E-state index is 5.28. The van der Waals surface area contributed by atoms with Crippen LogP contribution in [0.15, 0.2) is 12.7 Å². The summed E-state index contributed by atoms with van der Waals surface area (Å²) in [6, 6.07) is 0. The van der Waals surface area contributed by atoms with Crippen LogP contribution in [0.3, 0.4) is 0 Å². The first-order valence-corrected chi connectivity index (χ1v) is 7.45. The Labute approximate surface area is 107 Å². The minimum absolute atomic E-state index is 0.816. The Morgan fingerprint density at radius 3 is 1.94 bits per heavy atom. The second-order valence-electron chi connectivity index (χ2n) is 6.15. The molecule has 0 heterocycles. The summed E-state index contributed by atoms with van der Waals surface area (Å²) in [7, 11) is 1.84. The minimum atomic E-state index is 0.816. The Hall–Kier alpha value is -0.300. The quantitative estimate of drug-likeness (QED) is 0.656. The van der Waals surface area contributed by atoms with Crippen molar-refractivity contribution in [2.75, 3.05) is 13.7 Å². The summed E-state index contributed by atoms with van der Waals surface area (Å²) in [5, 5.41) is 0. The average Bonchev–Trinajstić information content (AvgIpc) is 2.40. The monoisotopic (exact) mass is 236 g/mol. The molecule has 0 N–H and O–H groups in total. The molecule has 0 bridgehead atoms. The molecule has 0 radical (unpaired) electrons. The highest BCUT2D eigenvalue weighted by Crippen LogP contribution is 2.41. The number of rotatable bonds is 4. The zero-order chi connectivity index (χ0) is 12.1. The van der Waals surface area contributed by atoms with Crippen LogP contribution in [-0.2, 0) is 4.74 Å². The SMILES string of the molecule is C=C[C@H]1CC[C@H](C2CCC(COC)CC2)CC1. The van der Waals surface area contributed by atoms with Gasteiger partial charge in [-0.25, -0.2) is 0 Å². The molecule has 0 spiro atoms. The molecule has 17 heavy (non-hydrogen) atoms. The van der Waals surface area contributed by atoms with Crippen molar-refractivity contribution in [1.29, 1.82) is 0 Å². The van der Waals surface area contributed by atoms with Crippen LogP contribution in [0.2, 0.25) is 0 Å². The summed E-state index contributed by atoms with van der Waals surface area (Å²) >= 11 is 0. The van der Waals surface area contributed by atoms with Crippen molar-refractivity contribution in [2.24, 2.45) is 23.7 Å². The molecule has 2 aliphatic rings. The first-order valence-electron chi connectivity index (χ1n) is 7.45. The maximum Gasteiger partial charge on any atom is 0.0490 e. The number of allylic oxidation sites excluding steroid dienone is 1. The highest BCUT2D eigenvalue weighted by atomic mass is 16.5. The van der Waals surface area contributed by atoms with Crippen LogP contribution in [0.1, 0.15) is 51.4 Å². The Balaban J connectivity index is 1.72. The maximum absolute atomic E-state index is 5.28. The van der Waals surface area contributed by atoms with Crippen molar-refractivity contribution >= 4 is 0 Å². The molecule has 2 rings (SSSR count). The summed E-state index contributed by atoms with van der Waals surface area (Å²) < 4.78 is 5.28. The van der Waals surface area contributed by atoms with Crippen LogP contribution < -0.4 is 0 Å². The molecule has 0 unspecified atom stereocenters. The summed E-state index contributed by atoms with van der Waals surface area (Å²) in [4.78, 5) is 0. The zero-order valence-corrected chi connectivity index (χ0v) is 11.4. The van der Waals surface area contributed by atoms with Crippen LogP contribution in [0.5, 0.6) is 0 Å². The number of hydrogen-bond donors (Lipinski definition) is 0. The molecule has 0 saturated heterocycles. The summed E-state index contributed by atoms with van der Waals surface area (Å²) in [6.45, 7) is 4.92. The third-order valence-electron chi connectivity index (χ3n) is 5.11. The van der Waals surface area contributed by atoms with Crippen LogP contribution >= 0.6 is 0 Å². The van der Waals surface area contributed by atoms with E-state index in [2.05, 4.69) is 12.7 Å². The molecule has 2 aliphatic carbocycles. The van der Waals surface area contributed by atoms with Gasteiger partial charge in [0.2, 0.25) is 0 Å². The third-order valence-corrected chi connectivity index (χ3v) is 5.11. The fourth-order valence-electron chi connectivity index (χ4n) is 3.91. The van der Waals surface area contributed by atoms with Crippen molar-refractivity contribution in [3.8, 4) is 0 Å². The van der Waals surface area contributed by atoms with E-state index in [1.165, 1.54) is 51.4 Å². The van der Waals surface area contributed by atoms with Gasteiger partial charge in [-0.3, -0.25) is 0 Å². The molecule has 0 aliphatic heterocycles. The molecule has 1 heteroatoms. The first kappa shape index (κ1) is 13.1. The second kappa shape index (κ2) is 6.58. The van der Waals surface area contributed by atoms with E-state index in [4.69, 9.17) is 4.74 Å². The number of ether oxygens (including phenoxy) is 1. The van der Waals surface area contributed by atoms with Gasteiger partial charge in [0.05, 0.1) is 0 Å². The molecule has 0 amide bonds. The molecule has 0 aromatic carbocycles. The lowest BCUT2D eigenvalue weighted by Gasteiger charge is -2.37. The van der Waals surface area contributed by atoms with Crippen LogP contribution in [0.25, 0.3) is 0 Å². The summed E-state index contributed by atoms with van der Waals surface area (Å²) in [5.74, 6) is 3.71. The Morgan fingerprint density at radius 1 is 0.941 bits per heavy atom. The first-order chi connectivity index (χ1) is 8.33. The minimum Gasteiger partial charge on any atom is -0.384 e. The highest BCUT2D eigenvalue weighted by Gasteiger charge is 2.30. The lowest BCUT2D eigenvalue weighted by Crippen LogP contribution is -2.26. The highest BCUT2D eigenvalue weighted by molar-refractivity contribution is 4.87. The van der Waals surface area contributed by atoms with Crippen LogP contribution in [0.4, 0.5) is 0 Å². The fourth-order valence-corrected chi connectivity index (χ4v) is 3.91. The van der Waals surface area contributed by atoms with Crippen molar-refractivity contribution in [1.82, 2.24) is 0 Å². The van der Waals surface area contributed by atoms with Gasteiger partial charge in [0.15, 0.2) is 0 Å². The average molecular weight is 236 g/mol. The van der Waals surface area contributed by atoms with Crippen molar-refractivity contribution < 1.29 is 4.74 Å². The van der Waals surface area contributed by atoms with Gasteiger partial charge < -0.3 is 4.74 Å². The predicted molar refractivity (Wildman–Crippen MR) is 73.0 cm³/mol. The molecular weight excluding hydrogens is 208 g/mol. The van der Waals surface area contributed by atoms with Crippen molar-refractivity contribution in [3.05, 3.63) is 12.7 Å². The van der Waals surface area contributed by atoms with E-state index in [0.29, 0.717) is 0 Å². The third kappa shape index (κ3) is 3.58. The second-order valence-corrected chi connectivity index (χ2v) is 6.15. The normalized spacial score (nSPS) is 38.9. The van der Waals surface area contributed by atoms with Gasteiger partial charge in [-0.05, 0) is 75.0 Å². The molecule has 2 saturated carbocycles. The Kier molecular flexibility index (Phi) is 5.09. The van der Waals surface area contributed by atoms with Crippen molar-refractivity contribution in [3.63, 3.8) is 0 Å².